The van der Waals surface area contributed by atoms with Crippen LogP contribution in [0.25, 0.3) is 0 Å². The minimum absolute atomic E-state index is 0.415. The minimum atomic E-state index is 0.415. The second-order valence-electron chi connectivity index (χ2n) is 6.54. The van der Waals surface area contributed by atoms with Crippen LogP contribution in [0.15, 0.2) is 12.1 Å². The van der Waals surface area contributed by atoms with Crippen molar-refractivity contribution in [3.05, 3.63) is 21.9 Å². The van der Waals surface area contributed by atoms with E-state index in [1.54, 1.807) is 0 Å². The summed E-state index contributed by atoms with van der Waals surface area (Å²) >= 11 is 1.95. The molecule has 108 valence electrons. The van der Waals surface area contributed by atoms with E-state index in [1.165, 1.54) is 35.4 Å². The lowest BCUT2D eigenvalue weighted by atomic mass is 9.65. The van der Waals surface area contributed by atoms with Gasteiger partial charge in [-0.2, -0.15) is 0 Å². The Labute approximate surface area is 121 Å². The summed E-state index contributed by atoms with van der Waals surface area (Å²) in [7, 11) is 0. The van der Waals surface area contributed by atoms with Crippen molar-refractivity contribution in [1.29, 1.82) is 0 Å². The van der Waals surface area contributed by atoms with Crippen LogP contribution in [0.4, 0.5) is 0 Å². The van der Waals surface area contributed by atoms with Crippen molar-refractivity contribution in [3.8, 4) is 0 Å². The van der Waals surface area contributed by atoms with Gasteiger partial charge in [0.25, 0.3) is 0 Å². The molecule has 1 aliphatic rings. The van der Waals surface area contributed by atoms with E-state index in [-0.39, 0.29) is 0 Å². The number of nitrogens with one attached hydrogen (secondary N) is 1. The molecule has 1 aromatic heterocycles. The molecule has 0 bridgehead atoms. The SMILES string of the molecule is CCc1ccc(CC(NN)C2CCCCC2(C)C)s1. The highest BCUT2D eigenvalue weighted by Crippen LogP contribution is 2.43. The fourth-order valence-electron chi connectivity index (χ4n) is 3.52. The molecule has 19 heavy (non-hydrogen) atoms. The van der Waals surface area contributed by atoms with Gasteiger partial charge in [-0.25, -0.2) is 0 Å². The fourth-order valence-corrected chi connectivity index (χ4v) is 4.54. The molecule has 1 saturated carbocycles. The lowest BCUT2D eigenvalue weighted by Gasteiger charge is -2.43. The van der Waals surface area contributed by atoms with Crippen LogP contribution in [0.2, 0.25) is 0 Å². The van der Waals surface area contributed by atoms with Gasteiger partial charge in [0.15, 0.2) is 0 Å². The van der Waals surface area contributed by atoms with Crippen molar-refractivity contribution in [2.45, 2.75) is 65.3 Å². The van der Waals surface area contributed by atoms with Gasteiger partial charge in [0.1, 0.15) is 0 Å². The van der Waals surface area contributed by atoms with E-state index in [1.807, 2.05) is 11.3 Å². The molecule has 2 atom stereocenters. The Kier molecular flexibility index (Phi) is 5.04. The quantitative estimate of drug-likeness (QED) is 0.634. The first-order valence-corrected chi connectivity index (χ1v) is 8.42. The van der Waals surface area contributed by atoms with Crippen LogP contribution in [0.5, 0.6) is 0 Å². The molecule has 1 heterocycles. The summed E-state index contributed by atoms with van der Waals surface area (Å²) in [5.74, 6) is 6.56. The molecule has 1 aromatic rings. The molecule has 0 amide bonds. The fraction of sp³-hybridized carbons (Fsp3) is 0.750. The molecule has 3 heteroatoms. The average Bonchev–Trinajstić information content (AvgIpc) is 2.84. The predicted octanol–water partition coefficient (Wildman–Crippen LogP) is 3.90. The molecule has 2 nitrogen and oxygen atoms in total. The molecule has 2 unspecified atom stereocenters. The van der Waals surface area contributed by atoms with Gasteiger partial charge in [-0.05, 0) is 49.1 Å². The first-order chi connectivity index (χ1) is 9.06. The van der Waals surface area contributed by atoms with E-state index < -0.39 is 0 Å². The van der Waals surface area contributed by atoms with Crippen LogP contribution >= 0.6 is 11.3 Å². The van der Waals surface area contributed by atoms with Crippen molar-refractivity contribution < 1.29 is 0 Å². The van der Waals surface area contributed by atoms with Gasteiger partial charge in [0.2, 0.25) is 0 Å². The maximum absolute atomic E-state index is 5.87. The monoisotopic (exact) mass is 280 g/mol. The van der Waals surface area contributed by atoms with Gasteiger partial charge >= 0.3 is 0 Å². The Morgan fingerprint density at radius 1 is 1.37 bits per heavy atom. The zero-order valence-electron chi connectivity index (χ0n) is 12.5. The largest absolute Gasteiger partial charge is 0.271 e. The zero-order valence-corrected chi connectivity index (χ0v) is 13.4. The number of nitrogens with two attached hydrogens (primary N) is 1. The third-order valence-electron chi connectivity index (χ3n) is 4.78. The van der Waals surface area contributed by atoms with Gasteiger partial charge in [-0.1, -0.05) is 33.6 Å². The van der Waals surface area contributed by atoms with E-state index >= 15 is 0 Å². The normalized spacial score (nSPS) is 24.3. The highest BCUT2D eigenvalue weighted by molar-refractivity contribution is 7.11. The molecule has 0 spiro atoms. The van der Waals surface area contributed by atoms with Gasteiger partial charge in [0.05, 0.1) is 0 Å². The molecule has 0 aromatic carbocycles. The molecular weight excluding hydrogens is 252 g/mol. The predicted molar refractivity (Wildman–Crippen MR) is 84.3 cm³/mol. The molecular formula is C16H28N2S. The van der Waals surface area contributed by atoms with Crippen molar-refractivity contribution in [1.82, 2.24) is 5.43 Å². The van der Waals surface area contributed by atoms with Crippen molar-refractivity contribution in [3.63, 3.8) is 0 Å². The summed E-state index contributed by atoms with van der Waals surface area (Å²) in [4.78, 5) is 2.95. The summed E-state index contributed by atoms with van der Waals surface area (Å²) in [6.45, 7) is 7.04. The van der Waals surface area contributed by atoms with E-state index in [2.05, 4.69) is 38.3 Å². The molecule has 0 saturated heterocycles. The summed E-state index contributed by atoms with van der Waals surface area (Å²) < 4.78 is 0. The van der Waals surface area contributed by atoms with Crippen LogP contribution in [0, 0.1) is 11.3 Å². The molecule has 0 aliphatic heterocycles. The van der Waals surface area contributed by atoms with Crippen LogP contribution in [-0.2, 0) is 12.8 Å². The highest BCUT2D eigenvalue weighted by atomic mass is 32.1. The maximum Gasteiger partial charge on any atom is 0.0292 e. The van der Waals surface area contributed by atoms with Crippen LogP contribution in [0.1, 0.15) is 56.2 Å². The lowest BCUT2D eigenvalue weighted by Crippen LogP contribution is -2.48. The Morgan fingerprint density at radius 2 is 2.11 bits per heavy atom. The minimum Gasteiger partial charge on any atom is -0.271 e. The third kappa shape index (κ3) is 3.59. The number of hydrogen-bond donors (Lipinski definition) is 2. The van der Waals surface area contributed by atoms with Gasteiger partial charge in [-0.3, -0.25) is 11.3 Å². The number of hydrazine groups is 1. The van der Waals surface area contributed by atoms with E-state index in [0.29, 0.717) is 17.4 Å². The van der Waals surface area contributed by atoms with Gasteiger partial charge in [0, 0.05) is 15.8 Å². The first kappa shape index (κ1) is 15.0. The molecule has 1 fully saturated rings. The second-order valence-corrected chi connectivity index (χ2v) is 7.79. The Bertz CT molecular complexity index is 397. The van der Waals surface area contributed by atoms with Crippen LogP contribution < -0.4 is 11.3 Å². The molecule has 3 N–H and O–H groups in total. The standard InChI is InChI=1S/C16H28N2S/c1-4-12-8-9-13(19-12)11-15(18-17)14-7-5-6-10-16(14,2)3/h8-9,14-15,18H,4-7,10-11,17H2,1-3H3. The summed E-state index contributed by atoms with van der Waals surface area (Å²) in [5.41, 5.74) is 3.53. The zero-order chi connectivity index (χ0) is 13.9. The number of hydrogen-bond acceptors (Lipinski definition) is 3. The van der Waals surface area contributed by atoms with E-state index in [0.717, 1.165) is 12.8 Å². The number of rotatable bonds is 5. The molecule has 2 rings (SSSR count). The first-order valence-electron chi connectivity index (χ1n) is 7.60. The highest BCUT2D eigenvalue weighted by Gasteiger charge is 2.37. The topological polar surface area (TPSA) is 38.0 Å². The van der Waals surface area contributed by atoms with Crippen LogP contribution in [-0.4, -0.2) is 6.04 Å². The maximum atomic E-state index is 5.87. The smallest absolute Gasteiger partial charge is 0.0292 e. The molecule has 1 aliphatic carbocycles. The Balaban J connectivity index is 2.06. The average molecular weight is 280 g/mol. The number of aryl methyl sites for hydroxylation is 1. The third-order valence-corrected chi connectivity index (χ3v) is 6.03. The summed E-state index contributed by atoms with van der Waals surface area (Å²) in [6.07, 6.45) is 7.60. The van der Waals surface area contributed by atoms with E-state index in [9.17, 15) is 0 Å². The summed E-state index contributed by atoms with van der Waals surface area (Å²) in [6, 6.07) is 4.96. The van der Waals surface area contributed by atoms with Crippen molar-refractivity contribution >= 4 is 11.3 Å². The van der Waals surface area contributed by atoms with E-state index in [4.69, 9.17) is 5.84 Å². The second kappa shape index (κ2) is 6.38. The Hall–Kier alpha value is -0.380. The molecule has 0 radical (unpaired) electrons. The lowest BCUT2D eigenvalue weighted by molar-refractivity contribution is 0.0985. The van der Waals surface area contributed by atoms with Crippen molar-refractivity contribution in [2.75, 3.05) is 0 Å². The number of thiophene rings is 1. The van der Waals surface area contributed by atoms with Gasteiger partial charge < -0.3 is 0 Å². The van der Waals surface area contributed by atoms with Crippen molar-refractivity contribution in [2.24, 2.45) is 17.2 Å². The van der Waals surface area contributed by atoms with Gasteiger partial charge in [-0.15, -0.1) is 11.3 Å². The summed E-state index contributed by atoms with van der Waals surface area (Å²) in [5, 5.41) is 0. The van der Waals surface area contributed by atoms with Crippen LogP contribution in [0.3, 0.4) is 0 Å². The Morgan fingerprint density at radius 3 is 2.68 bits per heavy atom.